The van der Waals surface area contributed by atoms with E-state index in [-0.39, 0.29) is 11.8 Å². The lowest BCUT2D eigenvalue weighted by Gasteiger charge is -2.11. The number of benzene rings is 4. The van der Waals surface area contributed by atoms with Crippen LogP contribution in [0.2, 0.25) is 0 Å². The third-order valence-electron chi connectivity index (χ3n) is 6.02. The van der Waals surface area contributed by atoms with Crippen LogP contribution in [0.1, 0.15) is 25.7 Å². The second-order valence-corrected chi connectivity index (χ2v) is 9.38. The Bertz CT molecular complexity index is 1270. The third kappa shape index (κ3) is 11.3. The van der Waals surface area contributed by atoms with Crippen LogP contribution in [0.4, 0.5) is 11.4 Å². The zero-order valence-corrected chi connectivity index (χ0v) is 23.5. The first kappa shape index (κ1) is 30.0. The van der Waals surface area contributed by atoms with E-state index in [1.54, 1.807) is 12.1 Å². The Balaban J connectivity index is 1.08. The normalized spacial score (nSPS) is 10.4. The van der Waals surface area contributed by atoms with Crippen LogP contribution < -0.4 is 29.6 Å². The highest BCUT2D eigenvalue weighted by Gasteiger charge is 2.07. The molecule has 0 unspecified atom stereocenters. The minimum atomic E-state index is -0.110. The molecule has 0 aliphatic carbocycles. The summed E-state index contributed by atoms with van der Waals surface area (Å²) in [6.45, 7) is 1.60. The predicted octanol–water partition coefficient (Wildman–Crippen LogP) is 6.74. The minimum absolute atomic E-state index is 0.110. The number of rotatable bonds is 17. The number of anilines is 2. The van der Waals surface area contributed by atoms with Crippen molar-refractivity contribution >= 4 is 23.2 Å². The van der Waals surface area contributed by atoms with Gasteiger partial charge in [-0.05, 0) is 61.4 Å². The van der Waals surface area contributed by atoms with E-state index in [4.69, 9.17) is 18.9 Å². The highest BCUT2D eigenvalue weighted by atomic mass is 16.5. The Morgan fingerprint density at radius 2 is 0.810 bits per heavy atom. The zero-order valence-electron chi connectivity index (χ0n) is 23.5. The van der Waals surface area contributed by atoms with Crippen LogP contribution in [0.25, 0.3) is 0 Å². The maximum Gasteiger partial charge on any atom is 0.224 e. The summed E-state index contributed by atoms with van der Waals surface area (Å²) in [5.74, 6) is 2.66. The Morgan fingerprint density at radius 1 is 0.452 bits per heavy atom. The van der Waals surface area contributed by atoms with Gasteiger partial charge in [0.05, 0.1) is 0 Å². The summed E-state index contributed by atoms with van der Waals surface area (Å²) in [5.41, 5.74) is 1.32. The van der Waals surface area contributed by atoms with Crippen LogP contribution >= 0.6 is 0 Å². The molecule has 218 valence electrons. The van der Waals surface area contributed by atoms with Gasteiger partial charge in [-0.3, -0.25) is 9.59 Å². The molecule has 0 spiro atoms. The van der Waals surface area contributed by atoms with Crippen LogP contribution in [0.3, 0.4) is 0 Å². The average Bonchev–Trinajstić information content (AvgIpc) is 3.01. The van der Waals surface area contributed by atoms with E-state index in [9.17, 15) is 9.59 Å². The Morgan fingerprint density at radius 3 is 1.21 bits per heavy atom. The fourth-order valence-electron chi connectivity index (χ4n) is 4.02. The van der Waals surface area contributed by atoms with Gasteiger partial charge in [-0.1, -0.05) is 48.5 Å². The molecular weight excluding hydrogens is 532 g/mol. The molecule has 2 N–H and O–H groups in total. The van der Waals surface area contributed by atoms with Gasteiger partial charge in [0.25, 0.3) is 0 Å². The van der Waals surface area contributed by atoms with E-state index < -0.39 is 0 Å². The summed E-state index contributed by atoms with van der Waals surface area (Å²) in [6, 6.07) is 33.6. The van der Waals surface area contributed by atoms with Crippen molar-refractivity contribution in [3.63, 3.8) is 0 Å². The lowest BCUT2D eigenvalue weighted by Crippen LogP contribution is -2.14. The molecule has 2 amide bonds. The fourth-order valence-corrected chi connectivity index (χ4v) is 4.02. The van der Waals surface area contributed by atoms with Gasteiger partial charge in [0.1, 0.15) is 49.4 Å². The summed E-state index contributed by atoms with van der Waals surface area (Å²) in [6.07, 6.45) is 1.82. The van der Waals surface area contributed by atoms with Gasteiger partial charge in [0.15, 0.2) is 0 Å². The number of carbonyl (C=O) groups excluding carboxylic acids is 2. The number of unbranched alkanes of at least 4 members (excludes halogenated alkanes) is 1. The van der Waals surface area contributed by atoms with Crippen molar-refractivity contribution in [2.24, 2.45) is 0 Å². The minimum Gasteiger partial charge on any atom is -0.490 e. The average molecular weight is 569 g/mol. The molecule has 42 heavy (non-hydrogen) atoms. The molecule has 0 heterocycles. The van der Waals surface area contributed by atoms with Gasteiger partial charge in [-0.15, -0.1) is 0 Å². The number of amides is 2. The topological polar surface area (TPSA) is 95.1 Å². The SMILES string of the molecule is O=C(CCCCC(=O)Nc1cccc(OCCOc2ccccc2)c1)Nc1cccc(OCCOc2ccccc2)c1. The summed E-state index contributed by atoms with van der Waals surface area (Å²) in [4.78, 5) is 24.8. The molecule has 0 saturated carbocycles. The number of para-hydroxylation sites is 2. The van der Waals surface area contributed by atoms with Crippen molar-refractivity contribution in [2.45, 2.75) is 25.7 Å². The molecule has 0 atom stereocenters. The van der Waals surface area contributed by atoms with Crippen molar-refractivity contribution in [1.82, 2.24) is 0 Å². The molecule has 8 heteroatoms. The highest BCUT2D eigenvalue weighted by Crippen LogP contribution is 2.20. The summed E-state index contributed by atoms with van der Waals surface area (Å²) in [5, 5.41) is 5.78. The number of hydrogen-bond donors (Lipinski definition) is 2. The van der Waals surface area contributed by atoms with Crippen molar-refractivity contribution in [1.29, 1.82) is 0 Å². The molecule has 0 fully saturated rings. The maximum absolute atomic E-state index is 12.4. The molecule has 0 saturated heterocycles. The Hall–Kier alpha value is -4.98. The second-order valence-electron chi connectivity index (χ2n) is 9.38. The van der Waals surface area contributed by atoms with Gasteiger partial charge >= 0.3 is 0 Å². The molecule has 0 aliphatic rings. The quantitative estimate of drug-likeness (QED) is 0.137. The van der Waals surface area contributed by atoms with Crippen molar-refractivity contribution in [3.8, 4) is 23.0 Å². The molecule has 0 bridgehead atoms. The van der Waals surface area contributed by atoms with Gasteiger partial charge in [0, 0.05) is 36.3 Å². The lowest BCUT2D eigenvalue weighted by atomic mass is 10.1. The largest absolute Gasteiger partial charge is 0.490 e. The van der Waals surface area contributed by atoms with E-state index in [0.29, 0.717) is 75.0 Å². The molecule has 0 aromatic heterocycles. The molecule has 0 aliphatic heterocycles. The number of hydrogen-bond acceptors (Lipinski definition) is 6. The molecular formula is C34H36N2O6. The van der Waals surface area contributed by atoms with E-state index >= 15 is 0 Å². The van der Waals surface area contributed by atoms with Crippen LogP contribution in [0, 0.1) is 0 Å². The van der Waals surface area contributed by atoms with Crippen molar-refractivity contribution < 1.29 is 28.5 Å². The van der Waals surface area contributed by atoms with Gasteiger partial charge in [-0.25, -0.2) is 0 Å². The van der Waals surface area contributed by atoms with Crippen molar-refractivity contribution in [3.05, 3.63) is 109 Å². The first-order valence-electron chi connectivity index (χ1n) is 14.1. The molecule has 4 aromatic rings. The first-order valence-corrected chi connectivity index (χ1v) is 14.1. The molecule has 4 rings (SSSR count). The second kappa shape index (κ2) is 17.0. The molecule has 8 nitrogen and oxygen atoms in total. The van der Waals surface area contributed by atoms with Crippen LogP contribution in [-0.4, -0.2) is 38.2 Å². The fraction of sp³-hybridized carbons (Fsp3) is 0.235. The van der Waals surface area contributed by atoms with Crippen molar-refractivity contribution in [2.75, 3.05) is 37.1 Å². The maximum atomic E-state index is 12.4. The summed E-state index contributed by atoms with van der Waals surface area (Å²) >= 11 is 0. The van der Waals surface area contributed by atoms with Gasteiger partial charge in [-0.2, -0.15) is 0 Å². The monoisotopic (exact) mass is 568 g/mol. The number of carbonyl (C=O) groups is 2. The van der Waals surface area contributed by atoms with Crippen LogP contribution in [-0.2, 0) is 9.59 Å². The van der Waals surface area contributed by atoms with Gasteiger partial charge in [0.2, 0.25) is 11.8 Å². The van der Waals surface area contributed by atoms with Gasteiger partial charge < -0.3 is 29.6 Å². The lowest BCUT2D eigenvalue weighted by molar-refractivity contribution is -0.118. The smallest absolute Gasteiger partial charge is 0.224 e. The number of nitrogens with one attached hydrogen (secondary N) is 2. The van der Waals surface area contributed by atoms with E-state index in [1.807, 2.05) is 97.1 Å². The third-order valence-corrected chi connectivity index (χ3v) is 6.02. The van der Waals surface area contributed by atoms with Crippen LogP contribution in [0.5, 0.6) is 23.0 Å². The van der Waals surface area contributed by atoms with Crippen LogP contribution in [0.15, 0.2) is 109 Å². The Labute approximate surface area is 246 Å². The Kier molecular flexibility index (Phi) is 12.1. The van der Waals surface area contributed by atoms with E-state index in [1.165, 1.54) is 0 Å². The zero-order chi connectivity index (χ0) is 29.2. The standard InChI is InChI=1S/C34H36N2O6/c37-33(35-27-11-9-17-31(25-27)41-23-21-39-29-13-3-1-4-14-29)19-7-8-20-34(38)36-28-12-10-18-32(26-28)42-24-22-40-30-15-5-2-6-16-30/h1-6,9-18,25-26H,7-8,19-24H2,(H,35,37)(H,36,38). The molecule has 0 radical (unpaired) electrons. The first-order chi connectivity index (χ1) is 20.6. The molecule has 4 aromatic carbocycles. The predicted molar refractivity (Wildman–Crippen MR) is 163 cm³/mol. The highest BCUT2D eigenvalue weighted by molar-refractivity contribution is 5.92. The van der Waals surface area contributed by atoms with E-state index in [0.717, 1.165) is 11.5 Å². The summed E-state index contributed by atoms with van der Waals surface area (Å²) < 4.78 is 22.7. The van der Waals surface area contributed by atoms with E-state index in [2.05, 4.69) is 10.6 Å². The number of ether oxygens (including phenoxy) is 4. The summed E-state index contributed by atoms with van der Waals surface area (Å²) in [7, 11) is 0.